The van der Waals surface area contributed by atoms with Crippen molar-refractivity contribution in [2.75, 3.05) is 30.9 Å². The third kappa shape index (κ3) is 2.84. The molecule has 1 aliphatic rings. The Bertz CT molecular complexity index is 513. The molecule has 0 amide bonds. The predicted molar refractivity (Wildman–Crippen MR) is 71.6 cm³/mol. The van der Waals surface area contributed by atoms with E-state index < -0.39 is 9.84 Å². The number of hydrogen-bond acceptors (Lipinski definition) is 4. The van der Waals surface area contributed by atoms with Crippen LogP contribution in [0.25, 0.3) is 0 Å². The lowest BCUT2D eigenvalue weighted by molar-refractivity contribution is 0.208. The molecule has 0 bridgehead atoms. The molecular formula is C13H19NO3S. The van der Waals surface area contributed by atoms with E-state index >= 15 is 0 Å². The number of aliphatic hydroxyl groups excluding tert-OH is 1. The number of piperidine rings is 1. The first-order chi connectivity index (χ1) is 8.52. The number of aliphatic hydroxyl groups is 1. The average molecular weight is 269 g/mol. The van der Waals surface area contributed by atoms with Crippen molar-refractivity contribution in [3.05, 3.63) is 24.3 Å². The highest BCUT2D eigenvalue weighted by molar-refractivity contribution is 7.90. The van der Waals surface area contributed by atoms with Gasteiger partial charge in [-0.1, -0.05) is 12.1 Å². The smallest absolute Gasteiger partial charge is 0.177 e. The fourth-order valence-corrected chi connectivity index (χ4v) is 3.37. The van der Waals surface area contributed by atoms with Crippen LogP contribution in [0.5, 0.6) is 0 Å². The minimum absolute atomic E-state index is 0.164. The summed E-state index contributed by atoms with van der Waals surface area (Å²) in [6.45, 7) is 1.74. The van der Waals surface area contributed by atoms with E-state index in [0.29, 0.717) is 4.90 Å². The van der Waals surface area contributed by atoms with Crippen molar-refractivity contribution in [3.63, 3.8) is 0 Å². The highest BCUT2D eigenvalue weighted by Gasteiger charge is 2.23. The van der Waals surface area contributed by atoms with E-state index in [-0.39, 0.29) is 12.5 Å². The summed E-state index contributed by atoms with van der Waals surface area (Å²) in [6, 6.07) is 7.09. The third-order valence-electron chi connectivity index (χ3n) is 3.38. The zero-order chi connectivity index (χ0) is 13.2. The largest absolute Gasteiger partial charge is 0.396 e. The van der Waals surface area contributed by atoms with Gasteiger partial charge >= 0.3 is 0 Å². The summed E-state index contributed by atoms with van der Waals surface area (Å²) in [7, 11) is -3.21. The Morgan fingerprint density at radius 1 is 1.39 bits per heavy atom. The van der Waals surface area contributed by atoms with Crippen LogP contribution < -0.4 is 4.90 Å². The lowest BCUT2D eigenvalue weighted by Crippen LogP contribution is -2.37. The molecule has 100 valence electrons. The van der Waals surface area contributed by atoms with Crippen LogP contribution in [0.15, 0.2) is 29.2 Å². The number of hydrogen-bond donors (Lipinski definition) is 1. The molecule has 1 fully saturated rings. The summed E-state index contributed by atoms with van der Waals surface area (Å²) in [5, 5.41) is 9.24. The number of nitrogens with zero attached hydrogens (tertiary/aromatic N) is 1. The van der Waals surface area contributed by atoms with Crippen LogP contribution in [0.3, 0.4) is 0 Å². The second-order valence-electron chi connectivity index (χ2n) is 4.88. The molecule has 0 radical (unpaired) electrons. The zero-order valence-corrected chi connectivity index (χ0v) is 11.4. The van der Waals surface area contributed by atoms with Crippen LogP contribution in [0.1, 0.15) is 12.8 Å². The molecule has 0 saturated carbocycles. The van der Waals surface area contributed by atoms with Gasteiger partial charge in [-0.25, -0.2) is 8.42 Å². The fourth-order valence-electron chi connectivity index (χ4n) is 2.46. The summed E-state index contributed by atoms with van der Waals surface area (Å²) in [4.78, 5) is 2.45. The van der Waals surface area contributed by atoms with E-state index in [9.17, 15) is 13.5 Å². The van der Waals surface area contributed by atoms with Gasteiger partial charge in [0.15, 0.2) is 9.84 Å². The van der Waals surface area contributed by atoms with Crippen molar-refractivity contribution in [2.45, 2.75) is 17.7 Å². The average Bonchev–Trinajstić information content (AvgIpc) is 2.38. The molecule has 1 saturated heterocycles. The van der Waals surface area contributed by atoms with Crippen LogP contribution in [-0.4, -0.2) is 39.5 Å². The maximum atomic E-state index is 11.8. The number of rotatable bonds is 3. The molecule has 0 aliphatic carbocycles. The zero-order valence-electron chi connectivity index (χ0n) is 10.5. The standard InChI is InChI=1S/C13H19NO3S/c1-18(16,17)13-7-3-2-6-12(13)14-8-4-5-11(9-14)10-15/h2-3,6-7,11,15H,4-5,8-10H2,1H3. The van der Waals surface area contributed by atoms with Crippen molar-refractivity contribution < 1.29 is 13.5 Å². The van der Waals surface area contributed by atoms with Crippen LogP contribution in [-0.2, 0) is 9.84 Å². The molecular weight excluding hydrogens is 250 g/mol. The topological polar surface area (TPSA) is 57.6 Å². The maximum Gasteiger partial charge on any atom is 0.177 e. The van der Waals surface area contributed by atoms with Gasteiger partial charge in [0.1, 0.15) is 0 Å². The van der Waals surface area contributed by atoms with Crippen molar-refractivity contribution in [2.24, 2.45) is 5.92 Å². The Balaban J connectivity index is 2.33. The number of anilines is 1. The molecule has 1 N–H and O–H groups in total. The predicted octanol–water partition coefficient (Wildman–Crippen LogP) is 1.30. The first-order valence-electron chi connectivity index (χ1n) is 6.17. The van der Waals surface area contributed by atoms with Gasteiger partial charge in [-0.05, 0) is 30.9 Å². The normalized spacial score (nSPS) is 21.0. The highest BCUT2D eigenvalue weighted by Crippen LogP contribution is 2.28. The molecule has 5 heteroatoms. The molecule has 4 nitrogen and oxygen atoms in total. The van der Waals surface area contributed by atoms with Crippen molar-refractivity contribution >= 4 is 15.5 Å². The summed E-state index contributed by atoms with van der Waals surface area (Å²) in [6.07, 6.45) is 3.23. The molecule has 1 atom stereocenters. The number of benzene rings is 1. The maximum absolute atomic E-state index is 11.8. The molecule has 1 heterocycles. The van der Waals surface area contributed by atoms with E-state index in [0.717, 1.165) is 31.6 Å². The van der Waals surface area contributed by atoms with Gasteiger partial charge in [0, 0.05) is 26.0 Å². The van der Waals surface area contributed by atoms with E-state index in [1.54, 1.807) is 12.1 Å². The molecule has 1 unspecified atom stereocenters. The lowest BCUT2D eigenvalue weighted by Gasteiger charge is -2.34. The summed E-state index contributed by atoms with van der Waals surface area (Å²) >= 11 is 0. The SMILES string of the molecule is CS(=O)(=O)c1ccccc1N1CCCC(CO)C1. The minimum Gasteiger partial charge on any atom is -0.396 e. The van der Waals surface area contributed by atoms with Crippen molar-refractivity contribution in [1.82, 2.24) is 0 Å². The molecule has 1 aromatic rings. The van der Waals surface area contributed by atoms with E-state index in [4.69, 9.17) is 0 Å². The Labute approximate surface area is 108 Å². The quantitative estimate of drug-likeness (QED) is 0.898. The molecule has 1 aliphatic heterocycles. The van der Waals surface area contributed by atoms with Crippen molar-refractivity contribution in [3.8, 4) is 0 Å². The second-order valence-corrected chi connectivity index (χ2v) is 6.86. The Hall–Kier alpha value is -1.07. The Morgan fingerprint density at radius 2 is 2.11 bits per heavy atom. The third-order valence-corrected chi connectivity index (χ3v) is 4.53. The first kappa shape index (κ1) is 13.4. The van der Waals surface area contributed by atoms with Crippen LogP contribution in [0.4, 0.5) is 5.69 Å². The molecule has 0 spiro atoms. The van der Waals surface area contributed by atoms with Gasteiger partial charge in [-0.2, -0.15) is 0 Å². The fraction of sp³-hybridized carbons (Fsp3) is 0.538. The Kier molecular flexibility index (Phi) is 3.92. The lowest BCUT2D eigenvalue weighted by atomic mass is 9.98. The second kappa shape index (κ2) is 5.28. The monoisotopic (exact) mass is 269 g/mol. The van der Waals surface area contributed by atoms with Gasteiger partial charge in [-0.3, -0.25) is 0 Å². The molecule has 2 rings (SSSR count). The minimum atomic E-state index is -3.21. The summed E-state index contributed by atoms with van der Waals surface area (Å²) in [5.74, 6) is 0.242. The number of sulfone groups is 1. The summed E-state index contributed by atoms with van der Waals surface area (Å²) < 4.78 is 23.5. The van der Waals surface area contributed by atoms with Crippen LogP contribution in [0, 0.1) is 5.92 Å². The summed E-state index contributed by atoms with van der Waals surface area (Å²) in [5.41, 5.74) is 0.762. The van der Waals surface area contributed by atoms with Crippen LogP contribution >= 0.6 is 0 Å². The van der Waals surface area contributed by atoms with Gasteiger partial charge in [0.25, 0.3) is 0 Å². The number of para-hydroxylation sites is 1. The van der Waals surface area contributed by atoms with E-state index in [2.05, 4.69) is 4.90 Å². The van der Waals surface area contributed by atoms with Gasteiger partial charge in [-0.15, -0.1) is 0 Å². The van der Waals surface area contributed by atoms with E-state index in [1.807, 2.05) is 12.1 Å². The van der Waals surface area contributed by atoms with Gasteiger partial charge in [0.2, 0.25) is 0 Å². The van der Waals surface area contributed by atoms with Crippen LogP contribution in [0.2, 0.25) is 0 Å². The van der Waals surface area contributed by atoms with Gasteiger partial charge in [0.05, 0.1) is 10.6 Å². The van der Waals surface area contributed by atoms with Gasteiger partial charge < -0.3 is 10.0 Å². The first-order valence-corrected chi connectivity index (χ1v) is 8.06. The Morgan fingerprint density at radius 3 is 2.78 bits per heavy atom. The highest BCUT2D eigenvalue weighted by atomic mass is 32.2. The molecule has 0 aromatic heterocycles. The van der Waals surface area contributed by atoms with E-state index in [1.165, 1.54) is 6.26 Å². The molecule has 1 aromatic carbocycles. The van der Waals surface area contributed by atoms with Crippen molar-refractivity contribution in [1.29, 1.82) is 0 Å². The molecule has 18 heavy (non-hydrogen) atoms.